The van der Waals surface area contributed by atoms with Crippen molar-refractivity contribution >= 4 is 11.8 Å². The van der Waals surface area contributed by atoms with Crippen LogP contribution in [0.25, 0.3) is 0 Å². The van der Waals surface area contributed by atoms with Gasteiger partial charge in [0.05, 0.1) is 0 Å². The van der Waals surface area contributed by atoms with Gasteiger partial charge in [0, 0.05) is 17.8 Å². The molecule has 8 atom stereocenters. The van der Waals surface area contributed by atoms with E-state index < -0.39 is 5.97 Å². The number of carbonyl (C=O) groups is 2. The van der Waals surface area contributed by atoms with Gasteiger partial charge in [-0.15, -0.1) is 0 Å². The predicted octanol–water partition coefficient (Wildman–Crippen LogP) is 6.60. The lowest BCUT2D eigenvalue weighted by Gasteiger charge is -2.52. The van der Waals surface area contributed by atoms with Crippen molar-refractivity contribution in [2.45, 2.75) is 98.8 Å². The first-order valence-corrected chi connectivity index (χ1v) is 12.4. The van der Waals surface area contributed by atoms with Crippen LogP contribution >= 0.6 is 0 Å². The number of aliphatic carboxylic acids is 1. The summed E-state index contributed by atoms with van der Waals surface area (Å²) in [5, 5.41) is 9.21. The lowest BCUT2D eigenvalue weighted by molar-refractivity contribution is -0.141. The predicted molar refractivity (Wildman–Crippen MR) is 118 cm³/mol. The number of hydrogen-bond donors (Lipinski definition) is 1. The fraction of sp³-hybridized carbons (Fsp3) is 0.923. The van der Waals surface area contributed by atoms with Gasteiger partial charge in [0.2, 0.25) is 0 Å². The smallest absolute Gasteiger partial charge is 0.303 e. The van der Waals surface area contributed by atoms with Crippen molar-refractivity contribution in [3.05, 3.63) is 0 Å². The molecule has 4 aliphatic rings. The summed E-state index contributed by atoms with van der Waals surface area (Å²) in [5.41, 5.74) is -0.215. The van der Waals surface area contributed by atoms with Gasteiger partial charge in [0.15, 0.2) is 0 Å². The van der Waals surface area contributed by atoms with E-state index in [9.17, 15) is 14.7 Å². The van der Waals surface area contributed by atoms with Gasteiger partial charge < -0.3 is 5.11 Å². The summed E-state index contributed by atoms with van der Waals surface area (Å²) in [6, 6.07) is 0. The van der Waals surface area contributed by atoms with E-state index in [1.807, 2.05) is 0 Å². The second kappa shape index (κ2) is 9.10. The Morgan fingerprint density at radius 1 is 0.931 bits per heavy atom. The van der Waals surface area contributed by atoms with Gasteiger partial charge in [0.1, 0.15) is 5.78 Å². The maximum absolute atomic E-state index is 13.1. The van der Waals surface area contributed by atoms with E-state index in [-0.39, 0.29) is 5.41 Å². The van der Waals surface area contributed by atoms with Gasteiger partial charge in [-0.1, -0.05) is 53.9 Å². The molecule has 3 heteroatoms. The largest absolute Gasteiger partial charge is 0.481 e. The van der Waals surface area contributed by atoms with E-state index >= 15 is 0 Å². The summed E-state index contributed by atoms with van der Waals surface area (Å²) < 4.78 is 0. The molecule has 2 bridgehead atoms. The van der Waals surface area contributed by atoms with Crippen LogP contribution in [0.2, 0.25) is 0 Å². The second-order valence-corrected chi connectivity index (χ2v) is 11.8. The summed E-state index contributed by atoms with van der Waals surface area (Å²) in [7, 11) is 0. The fourth-order valence-electron chi connectivity index (χ4n) is 7.42. The van der Waals surface area contributed by atoms with Crippen LogP contribution in [0.15, 0.2) is 0 Å². The maximum atomic E-state index is 13.1. The highest BCUT2D eigenvalue weighted by molar-refractivity contribution is 5.86. The minimum absolute atomic E-state index is 0.215. The van der Waals surface area contributed by atoms with Crippen LogP contribution in [-0.4, -0.2) is 16.9 Å². The number of carboxylic acids is 1. The van der Waals surface area contributed by atoms with E-state index in [0.29, 0.717) is 41.8 Å². The van der Waals surface area contributed by atoms with Gasteiger partial charge in [-0.25, -0.2) is 0 Å². The highest BCUT2D eigenvalue weighted by atomic mass is 16.4. The molecule has 0 aromatic carbocycles. The number of unbranched alkanes of at least 4 members (excludes halogenated alkanes) is 1. The minimum atomic E-state index is -0.629. The molecule has 29 heavy (non-hydrogen) atoms. The summed E-state index contributed by atoms with van der Waals surface area (Å²) in [5.74, 6) is 4.67. The summed E-state index contributed by atoms with van der Waals surface area (Å²) in [6.45, 7) is 11.0. The van der Waals surface area contributed by atoms with Crippen molar-refractivity contribution in [2.75, 3.05) is 0 Å². The van der Waals surface area contributed by atoms with E-state index in [2.05, 4.69) is 34.6 Å². The van der Waals surface area contributed by atoms with Crippen molar-refractivity contribution in [2.24, 2.45) is 52.8 Å². The molecular formula is C26H44O3. The molecule has 3 nitrogen and oxygen atoms in total. The monoisotopic (exact) mass is 404 g/mol. The molecule has 4 fully saturated rings. The normalized spacial score (nSPS) is 39.6. The van der Waals surface area contributed by atoms with Gasteiger partial charge in [-0.3, -0.25) is 9.59 Å². The number of hydrogen-bond acceptors (Lipinski definition) is 2. The molecule has 0 aromatic rings. The van der Waals surface area contributed by atoms with E-state index in [1.54, 1.807) is 0 Å². The molecule has 8 unspecified atom stereocenters. The van der Waals surface area contributed by atoms with Crippen LogP contribution in [0.3, 0.4) is 0 Å². The Morgan fingerprint density at radius 3 is 2.21 bits per heavy atom. The molecule has 0 spiro atoms. The molecule has 4 rings (SSSR count). The summed E-state index contributed by atoms with van der Waals surface area (Å²) in [4.78, 5) is 24.3. The molecule has 0 amide bonds. The Morgan fingerprint density at radius 2 is 1.59 bits per heavy atom. The average Bonchev–Trinajstić information content (AvgIpc) is 2.98. The number of carboxylic acid groups (broad SMARTS) is 1. The molecule has 1 N–H and O–H groups in total. The lowest BCUT2D eigenvalue weighted by atomic mass is 9.52. The third-order valence-corrected chi connectivity index (χ3v) is 9.08. The zero-order valence-electron chi connectivity index (χ0n) is 19.5. The molecule has 4 aliphatic carbocycles. The van der Waals surface area contributed by atoms with E-state index in [1.165, 1.54) is 44.9 Å². The topological polar surface area (TPSA) is 54.4 Å². The molecule has 0 aliphatic heterocycles. The van der Waals surface area contributed by atoms with Crippen molar-refractivity contribution in [3.63, 3.8) is 0 Å². The Hall–Kier alpha value is -0.860. The van der Waals surface area contributed by atoms with Gasteiger partial charge in [-0.2, -0.15) is 0 Å². The first kappa shape index (κ1) is 22.8. The van der Waals surface area contributed by atoms with Crippen molar-refractivity contribution in [1.29, 1.82) is 0 Å². The van der Waals surface area contributed by atoms with Gasteiger partial charge in [-0.05, 0) is 80.0 Å². The second-order valence-electron chi connectivity index (χ2n) is 11.8. The van der Waals surface area contributed by atoms with Crippen molar-refractivity contribution < 1.29 is 14.7 Å². The summed E-state index contributed by atoms with van der Waals surface area (Å²) >= 11 is 0. The van der Waals surface area contributed by atoms with Crippen LogP contribution in [0.5, 0.6) is 0 Å². The Balaban J connectivity index is 1.53. The molecule has 0 aromatic heterocycles. The maximum Gasteiger partial charge on any atom is 0.303 e. The average molecular weight is 405 g/mol. The molecule has 0 saturated heterocycles. The first-order valence-electron chi connectivity index (χ1n) is 12.4. The Labute approximate surface area is 178 Å². The highest BCUT2D eigenvalue weighted by Crippen LogP contribution is 2.54. The van der Waals surface area contributed by atoms with Crippen molar-refractivity contribution in [1.82, 2.24) is 0 Å². The minimum Gasteiger partial charge on any atom is -0.481 e. The Bertz CT molecular complexity index is 589. The standard InChI is InChI=1S/C26H44O3/c1-16-10-11-19(15-24(27)28)20(16)8-6-7-9-21-17(2)18-12-13-22(21)23(14-18)25(29)26(3,4)5/h16-23H,6-15H2,1-5H3,(H,27,28). The third kappa shape index (κ3) is 5.07. The summed E-state index contributed by atoms with van der Waals surface area (Å²) in [6.07, 6.45) is 11.3. The van der Waals surface area contributed by atoms with Gasteiger partial charge in [0.25, 0.3) is 0 Å². The van der Waals surface area contributed by atoms with Crippen LogP contribution < -0.4 is 0 Å². The van der Waals surface area contributed by atoms with Crippen LogP contribution in [-0.2, 0) is 9.59 Å². The Kier molecular flexibility index (Phi) is 7.16. The lowest BCUT2D eigenvalue weighted by Crippen LogP contribution is -2.48. The molecule has 4 saturated carbocycles. The first-order chi connectivity index (χ1) is 13.6. The SMILES string of the molecule is CC1CCC(CC(=O)O)C1CCCCC1C(C)C2CCC1C(C(=O)C(C)(C)C)C2. The fourth-order valence-corrected chi connectivity index (χ4v) is 7.42. The zero-order chi connectivity index (χ0) is 21.3. The number of fused-ring (bicyclic) bond motifs is 3. The van der Waals surface area contributed by atoms with Crippen LogP contribution in [0, 0.1) is 52.8 Å². The van der Waals surface area contributed by atoms with Crippen LogP contribution in [0.4, 0.5) is 0 Å². The van der Waals surface area contributed by atoms with Crippen LogP contribution in [0.1, 0.15) is 98.8 Å². The number of carbonyl (C=O) groups excluding carboxylic acids is 1. The number of Topliss-reactive ketones (excluding diaryl/α,β-unsaturated/α-hetero) is 1. The highest BCUT2D eigenvalue weighted by Gasteiger charge is 2.50. The van der Waals surface area contributed by atoms with E-state index in [0.717, 1.165) is 30.6 Å². The quantitative estimate of drug-likeness (QED) is 0.464. The third-order valence-electron chi connectivity index (χ3n) is 9.08. The molecule has 166 valence electrons. The zero-order valence-corrected chi connectivity index (χ0v) is 19.5. The van der Waals surface area contributed by atoms with E-state index in [4.69, 9.17) is 0 Å². The molecule has 0 radical (unpaired) electrons. The van der Waals surface area contributed by atoms with Gasteiger partial charge >= 0.3 is 5.97 Å². The van der Waals surface area contributed by atoms with Crippen molar-refractivity contribution in [3.8, 4) is 0 Å². The molecule has 0 heterocycles. The number of rotatable bonds is 8. The number of ketones is 1. The molecular weight excluding hydrogens is 360 g/mol.